The summed E-state index contributed by atoms with van der Waals surface area (Å²) in [5.74, 6) is -0.783. The molecule has 0 spiro atoms. The second-order valence-electron chi connectivity index (χ2n) is 5.06. The van der Waals surface area contributed by atoms with Crippen LogP contribution in [0.1, 0.15) is 11.3 Å². The molecule has 0 saturated heterocycles. The van der Waals surface area contributed by atoms with Crippen LogP contribution in [0, 0.1) is 15.9 Å². The van der Waals surface area contributed by atoms with Gasteiger partial charge in [-0.15, -0.1) is 0 Å². The average molecular weight is 362 g/mol. The van der Waals surface area contributed by atoms with Crippen molar-refractivity contribution in [2.75, 3.05) is 0 Å². The van der Waals surface area contributed by atoms with Crippen LogP contribution in [0.4, 0.5) is 10.1 Å². The molecule has 1 heterocycles. The number of nitrogens with zero attached hydrogens (tertiary/aromatic N) is 2. The number of hydrogen-bond acceptors (Lipinski definition) is 5. The van der Waals surface area contributed by atoms with E-state index in [1.807, 2.05) is 0 Å². The molecule has 0 fully saturated rings. The molecule has 7 nitrogen and oxygen atoms in total. The Morgan fingerprint density at radius 3 is 2.64 bits per heavy atom. The van der Waals surface area contributed by atoms with Crippen LogP contribution in [0.5, 0.6) is 0 Å². The topological polar surface area (TPSA) is 109 Å². The summed E-state index contributed by atoms with van der Waals surface area (Å²) in [6.45, 7) is 0. The van der Waals surface area contributed by atoms with Crippen molar-refractivity contribution in [3.63, 3.8) is 0 Å². The highest BCUT2D eigenvalue weighted by atomic mass is 35.5. The van der Waals surface area contributed by atoms with E-state index in [4.69, 9.17) is 11.6 Å². The molecule has 0 unspecified atom stereocenters. The number of rotatable bonds is 3. The number of hydrogen-bond donors (Lipinski definition) is 2. The van der Waals surface area contributed by atoms with Crippen molar-refractivity contribution >= 4 is 40.2 Å². The Hall–Kier alpha value is -3.26. The van der Waals surface area contributed by atoms with E-state index in [-0.39, 0.29) is 38.8 Å². The lowest BCUT2D eigenvalue weighted by Gasteiger charge is -2.03. The molecule has 0 radical (unpaired) electrons. The number of benzene rings is 2. The molecule has 2 N–H and O–H groups in total. The van der Waals surface area contributed by atoms with Crippen LogP contribution < -0.4 is 5.56 Å². The third kappa shape index (κ3) is 3.33. The third-order valence-corrected chi connectivity index (χ3v) is 3.60. The zero-order chi connectivity index (χ0) is 18.1. The maximum atomic E-state index is 12.9. The predicted octanol–water partition coefficient (Wildman–Crippen LogP) is 3.68. The van der Waals surface area contributed by atoms with E-state index in [1.165, 1.54) is 18.2 Å². The monoisotopic (exact) mass is 361 g/mol. The van der Waals surface area contributed by atoms with Crippen LogP contribution in [0.15, 0.2) is 41.2 Å². The van der Waals surface area contributed by atoms with Gasteiger partial charge in [-0.2, -0.15) is 0 Å². The van der Waals surface area contributed by atoms with Crippen molar-refractivity contribution in [1.82, 2.24) is 9.97 Å². The van der Waals surface area contributed by atoms with E-state index in [1.54, 1.807) is 0 Å². The lowest BCUT2D eigenvalue weighted by molar-refractivity contribution is -0.383. The zero-order valence-corrected chi connectivity index (χ0v) is 13.1. The summed E-state index contributed by atoms with van der Waals surface area (Å²) in [4.78, 5) is 28.9. The quantitative estimate of drug-likeness (QED) is 0.420. The Morgan fingerprint density at radius 1 is 1.32 bits per heavy atom. The van der Waals surface area contributed by atoms with Gasteiger partial charge >= 0.3 is 0 Å². The molecule has 0 atom stereocenters. The van der Waals surface area contributed by atoms with Gasteiger partial charge in [0.15, 0.2) is 0 Å². The Bertz CT molecular complexity index is 1080. The number of nitro benzene ring substituents is 1. The lowest BCUT2D eigenvalue weighted by atomic mass is 10.1. The van der Waals surface area contributed by atoms with E-state index >= 15 is 0 Å². The third-order valence-electron chi connectivity index (χ3n) is 3.38. The van der Waals surface area contributed by atoms with Gasteiger partial charge in [0, 0.05) is 22.7 Å². The molecule has 0 amide bonds. The first kappa shape index (κ1) is 16.6. The Balaban J connectivity index is 2.16. The molecule has 0 aliphatic heterocycles. The average Bonchev–Trinajstić information content (AvgIpc) is 2.55. The molecular formula is C16H9ClFN3O4. The number of aromatic amines is 1. The maximum absolute atomic E-state index is 12.9. The van der Waals surface area contributed by atoms with Crippen LogP contribution in [-0.4, -0.2) is 20.0 Å². The van der Waals surface area contributed by atoms with E-state index in [0.717, 1.165) is 24.3 Å². The minimum absolute atomic E-state index is 0.0715. The summed E-state index contributed by atoms with van der Waals surface area (Å²) < 4.78 is 12.9. The van der Waals surface area contributed by atoms with Gasteiger partial charge in [-0.25, -0.2) is 9.37 Å². The maximum Gasteiger partial charge on any atom is 0.296 e. The number of nitro groups is 1. The van der Waals surface area contributed by atoms with E-state index in [0.29, 0.717) is 0 Å². The molecule has 3 aromatic rings. The molecule has 25 heavy (non-hydrogen) atoms. The van der Waals surface area contributed by atoms with Gasteiger partial charge in [0.05, 0.1) is 10.4 Å². The van der Waals surface area contributed by atoms with Gasteiger partial charge in [-0.1, -0.05) is 11.6 Å². The second-order valence-corrected chi connectivity index (χ2v) is 5.50. The summed E-state index contributed by atoms with van der Waals surface area (Å²) in [6.07, 6.45) is 1.08. The number of aliphatic hydroxyl groups excluding tert-OH is 1. The first-order chi connectivity index (χ1) is 11.8. The molecule has 0 bridgehead atoms. The van der Waals surface area contributed by atoms with Crippen molar-refractivity contribution in [3.05, 3.63) is 79.0 Å². The number of H-pyrrole nitrogens is 1. The molecule has 0 aliphatic carbocycles. The first-order valence-corrected chi connectivity index (χ1v) is 7.27. The van der Waals surface area contributed by atoms with Crippen molar-refractivity contribution < 1.29 is 14.4 Å². The van der Waals surface area contributed by atoms with Crippen LogP contribution in [0.3, 0.4) is 0 Å². The number of aromatic nitrogens is 2. The number of non-ortho nitro benzene ring substituents is 1. The molecular weight excluding hydrogens is 353 g/mol. The summed E-state index contributed by atoms with van der Waals surface area (Å²) in [7, 11) is 0. The van der Waals surface area contributed by atoms with Gasteiger partial charge in [0.25, 0.3) is 11.2 Å². The molecule has 1 aromatic heterocycles. The Morgan fingerprint density at radius 2 is 2.00 bits per heavy atom. The van der Waals surface area contributed by atoms with Crippen molar-refractivity contribution in [2.45, 2.75) is 0 Å². The van der Waals surface area contributed by atoms with Crippen molar-refractivity contribution in [1.29, 1.82) is 0 Å². The summed E-state index contributed by atoms with van der Waals surface area (Å²) >= 11 is 5.84. The van der Waals surface area contributed by atoms with Crippen molar-refractivity contribution in [2.24, 2.45) is 0 Å². The zero-order valence-electron chi connectivity index (χ0n) is 12.4. The molecule has 0 aliphatic rings. The summed E-state index contributed by atoms with van der Waals surface area (Å²) in [5.41, 5.74) is -0.989. The van der Waals surface area contributed by atoms with Crippen molar-refractivity contribution in [3.8, 4) is 0 Å². The molecule has 3 rings (SSSR count). The second kappa shape index (κ2) is 6.33. The minimum atomic E-state index is -0.730. The van der Waals surface area contributed by atoms with E-state index in [2.05, 4.69) is 9.97 Å². The normalized spacial score (nSPS) is 11.7. The SMILES string of the molecule is O=c1[nH]c2c([N+](=O)[O-])cc(Cl)cc2nc1/C=C(\O)c1ccc(F)cc1. The fraction of sp³-hybridized carbons (Fsp3) is 0. The van der Waals surface area contributed by atoms with Gasteiger partial charge in [-0.3, -0.25) is 14.9 Å². The number of fused-ring (bicyclic) bond motifs is 1. The fourth-order valence-corrected chi connectivity index (χ4v) is 2.43. The number of halogens is 2. The minimum Gasteiger partial charge on any atom is -0.507 e. The summed E-state index contributed by atoms with van der Waals surface area (Å²) in [6, 6.07) is 7.43. The van der Waals surface area contributed by atoms with Crippen LogP contribution >= 0.6 is 11.6 Å². The van der Waals surface area contributed by atoms with Gasteiger partial charge < -0.3 is 10.1 Å². The molecule has 126 valence electrons. The number of nitrogens with one attached hydrogen (secondary N) is 1. The smallest absolute Gasteiger partial charge is 0.296 e. The van der Waals surface area contributed by atoms with Gasteiger partial charge in [0.2, 0.25) is 0 Å². The highest BCUT2D eigenvalue weighted by Gasteiger charge is 2.17. The van der Waals surface area contributed by atoms with E-state index in [9.17, 15) is 24.4 Å². The van der Waals surface area contributed by atoms with Gasteiger partial charge in [-0.05, 0) is 30.3 Å². The largest absolute Gasteiger partial charge is 0.507 e. The fourth-order valence-electron chi connectivity index (χ4n) is 2.23. The predicted molar refractivity (Wildman–Crippen MR) is 90.9 cm³/mol. The molecule has 9 heteroatoms. The summed E-state index contributed by atoms with van der Waals surface area (Å²) in [5, 5.41) is 21.2. The highest BCUT2D eigenvalue weighted by Crippen LogP contribution is 2.26. The highest BCUT2D eigenvalue weighted by molar-refractivity contribution is 6.31. The lowest BCUT2D eigenvalue weighted by Crippen LogP contribution is -2.13. The van der Waals surface area contributed by atoms with Crippen LogP contribution in [0.2, 0.25) is 5.02 Å². The first-order valence-electron chi connectivity index (χ1n) is 6.90. The molecule has 2 aromatic carbocycles. The molecule has 0 saturated carbocycles. The van der Waals surface area contributed by atoms with Gasteiger partial charge in [0.1, 0.15) is 22.8 Å². The Kier molecular flexibility index (Phi) is 4.20. The number of aliphatic hydroxyl groups is 1. The van der Waals surface area contributed by atoms with Crippen LogP contribution in [-0.2, 0) is 0 Å². The van der Waals surface area contributed by atoms with Crippen LogP contribution in [0.25, 0.3) is 22.9 Å². The van der Waals surface area contributed by atoms with E-state index < -0.39 is 16.3 Å². The standard InChI is InChI=1S/C16H9ClFN3O4/c17-9-5-11-15(13(6-9)21(24)25)20-16(23)12(19-11)7-14(22)8-1-3-10(18)4-2-8/h1-7,22H,(H,20,23)/b14-7-. The Labute approximate surface area is 144 Å².